The molecule has 0 aliphatic carbocycles. The smallest absolute Gasteiger partial charge is 0.240 e. The molecule has 0 spiro atoms. The Morgan fingerprint density at radius 3 is 2.55 bits per heavy atom. The van der Waals surface area contributed by atoms with E-state index < -0.39 is 5.54 Å². The van der Waals surface area contributed by atoms with Gasteiger partial charge in [0.05, 0.1) is 12.1 Å². The Morgan fingerprint density at radius 1 is 1.64 bits per heavy atom. The van der Waals surface area contributed by atoms with Crippen molar-refractivity contribution in [3.05, 3.63) is 0 Å². The lowest BCUT2D eigenvalue weighted by molar-refractivity contribution is -0.124. The second-order valence-corrected chi connectivity index (χ2v) is 2.83. The van der Waals surface area contributed by atoms with Crippen molar-refractivity contribution in [3.8, 4) is 11.8 Å². The zero-order valence-electron chi connectivity index (χ0n) is 7.19. The summed E-state index contributed by atoms with van der Waals surface area (Å²) < 4.78 is 0. The molecule has 0 aromatic rings. The normalized spacial score (nSPS) is 9.82. The van der Waals surface area contributed by atoms with E-state index >= 15 is 0 Å². The Balaban J connectivity index is 3.77. The lowest BCUT2D eigenvalue weighted by Crippen LogP contribution is -2.49. The van der Waals surface area contributed by atoms with Crippen LogP contribution in [0, 0.1) is 11.8 Å². The number of hydrogen-bond donors (Lipinski definition) is 2. The van der Waals surface area contributed by atoms with Gasteiger partial charge in [0.15, 0.2) is 0 Å². The Bertz CT molecular complexity index is 192. The molecular formula is C8H14N2O. The van der Waals surface area contributed by atoms with Crippen molar-refractivity contribution in [1.29, 1.82) is 0 Å². The summed E-state index contributed by atoms with van der Waals surface area (Å²) in [5.74, 6) is 5.20. The lowest BCUT2D eigenvalue weighted by Gasteiger charge is -2.16. The molecule has 0 saturated carbocycles. The number of hydrogen-bond acceptors (Lipinski definition) is 2. The molecule has 0 aromatic heterocycles. The molecule has 0 saturated heterocycles. The van der Waals surface area contributed by atoms with Gasteiger partial charge in [-0.05, 0) is 20.8 Å². The molecule has 1 amide bonds. The minimum atomic E-state index is -0.810. The maximum absolute atomic E-state index is 11.0. The van der Waals surface area contributed by atoms with E-state index in [9.17, 15) is 4.79 Å². The first-order chi connectivity index (χ1) is 4.98. The van der Waals surface area contributed by atoms with Crippen molar-refractivity contribution in [2.24, 2.45) is 5.73 Å². The van der Waals surface area contributed by atoms with Crippen molar-refractivity contribution in [2.75, 3.05) is 6.54 Å². The van der Waals surface area contributed by atoms with Crippen LogP contribution in [0.15, 0.2) is 0 Å². The summed E-state index contributed by atoms with van der Waals surface area (Å²) in [6.07, 6.45) is 0. The van der Waals surface area contributed by atoms with Crippen molar-refractivity contribution < 1.29 is 4.79 Å². The maximum atomic E-state index is 11.0. The van der Waals surface area contributed by atoms with E-state index in [2.05, 4.69) is 17.2 Å². The number of nitrogens with two attached hydrogens (primary N) is 1. The maximum Gasteiger partial charge on any atom is 0.240 e. The SMILES string of the molecule is CC#CCNC(=O)C(C)(C)N. The van der Waals surface area contributed by atoms with Gasteiger partial charge in [0.1, 0.15) is 0 Å². The number of amides is 1. The molecule has 3 N–H and O–H groups in total. The summed E-state index contributed by atoms with van der Waals surface area (Å²) in [6, 6.07) is 0. The number of nitrogens with one attached hydrogen (secondary N) is 1. The van der Waals surface area contributed by atoms with Gasteiger partial charge < -0.3 is 11.1 Å². The minimum absolute atomic E-state index is 0.180. The van der Waals surface area contributed by atoms with Crippen LogP contribution < -0.4 is 11.1 Å². The van der Waals surface area contributed by atoms with Crippen LogP contribution in [-0.2, 0) is 4.79 Å². The van der Waals surface area contributed by atoms with E-state index in [0.717, 1.165) is 0 Å². The van der Waals surface area contributed by atoms with E-state index in [-0.39, 0.29) is 5.91 Å². The Morgan fingerprint density at radius 2 is 2.18 bits per heavy atom. The average Bonchev–Trinajstić information content (AvgIpc) is 1.86. The molecule has 11 heavy (non-hydrogen) atoms. The average molecular weight is 154 g/mol. The van der Waals surface area contributed by atoms with Crippen LogP contribution in [0.2, 0.25) is 0 Å². The number of carbonyl (C=O) groups is 1. The fourth-order valence-electron chi connectivity index (χ4n) is 0.441. The number of carbonyl (C=O) groups excluding carboxylic acids is 1. The summed E-state index contributed by atoms with van der Waals surface area (Å²) in [4.78, 5) is 11.0. The van der Waals surface area contributed by atoms with Crippen LogP contribution in [-0.4, -0.2) is 18.0 Å². The Labute approximate surface area is 67.3 Å². The van der Waals surface area contributed by atoms with Gasteiger partial charge in [0.25, 0.3) is 0 Å². The first-order valence-corrected chi connectivity index (χ1v) is 3.45. The van der Waals surface area contributed by atoms with Gasteiger partial charge >= 0.3 is 0 Å². The van der Waals surface area contributed by atoms with Gasteiger partial charge in [0, 0.05) is 0 Å². The van der Waals surface area contributed by atoms with E-state index in [4.69, 9.17) is 5.73 Å². The lowest BCUT2D eigenvalue weighted by atomic mass is 10.1. The highest BCUT2D eigenvalue weighted by atomic mass is 16.2. The van der Waals surface area contributed by atoms with E-state index in [0.29, 0.717) is 6.54 Å². The van der Waals surface area contributed by atoms with Crippen molar-refractivity contribution in [2.45, 2.75) is 26.3 Å². The minimum Gasteiger partial charge on any atom is -0.344 e. The molecule has 0 heterocycles. The third kappa shape index (κ3) is 4.40. The number of rotatable bonds is 2. The van der Waals surface area contributed by atoms with E-state index in [1.54, 1.807) is 20.8 Å². The van der Waals surface area contributed by atoms with Crippen molar-refractivity contribution in [1.82, 2.24) is 5.32 Å². The highest BCUT2D eigenvalue weighted by molar-refractivity contribution is 5.85. The molecule has 0 atom stereocenters. The third-order valence-corrected chi connectivity index (χ3v) is 1.10. The topological polar surface area (TPSA) is 55.1 Å². The second-order valence-electron chi connectivity index (χ2n) is 2.83. The molecule has 0 aliphatic heterocycles. The van der Waals surface area contributed by atoms with Crippen LogP contribution in [0.4, 0.5) is 0 Å². The molecule has 0 rings (SSSR count). The molecule has 0 aromatic carbocycles. The van der Waals surface area contributed by atoms with Crippen LogP contribution in [0.1, 0.15) is 20.8 Å². The summed E-state index contributed by atoms with van der Waals surface area (Å²) in [6.45, 7) is 5.40. The van der Waals surface area contributed by atoms with Crippen LogP contribution in [0.25, 0.3) is 0 Å². The predicted molar refractivity (Wildman–Crippen MR) is 44.7 cm³/mol. The summed E-state index contributed by atoms with van der Waals surface area (Å²) in [5, 5.41) is 2.59. The fourth-order valence-corrected chi connectivity index (χ4v) is 0.441. The molecule has 0 radical (unpaired) electrons. The first kappa shape index (κ1) is 9.99. The van der Waals surface area contributed by atoms with Crippen LogP contribution in [0.5, 0.6) is 0 Å². The second kappa shape index (κ2) is 3.99. The zero-order chi connectivity index (χ0) is 8.91. The van der Waals surface area contributed by atoms with Crippen molar-refractivity contribution >= 4 is 5.91 Å². The first-order valence-electron chi connectivity index (χ1n) is 3.45. The Kier molecular flexibility index (Phi) is 3.63. The molecule has 3 nitrogen and oxygen atoms in total. The largest absolute Gasteiger partial charge is 0.344 e. The quantitative estimate of drug-likeness (QED) is 0.544. The molecule has 0 aliphatic rings. The van der Waals surface area contributed by atoms with Gasteiger partial charge in [-0.2, -0.15) is 0 Å². The Hall–Kier alpha value is -1.01. The van der Waals surface area contributed by atoms with Crippen LogP contribution in [0.3, 0.4) is 0 Å². The van der Waals surface area contributed by atoms with Crippen molar-refractivity contribution in [3.63, 3.8) is 0 Å². The van der Waals surface area contributed by atoms with Gasteiger partial charge in [-0.3, -0.25) is 4.79 Å². The monoisotopic (exact) mass is 154 g/mol. The molecule has 0 unspecified atom stereocenters. The molecule has 3 heteroatoms. The van der Waals surface area contributed by atoms with Crippen LogP contribution >= 0.6 is 0 Å². The molecule has 0 bridgehead atoms. The molecule has 0 fully saturated rings. The van der Waals surface area contributed by atoms with E-state index in [1.807, 2.05) is 0 Å². The van der Waals surface area contributed by atoms with Gasteiger partial charge in [-0.25, -0.2) is 0 Å². The molecule has 62 valence electrons. The summed E-state index contributed by atoms with van der Waals surface area (Å²) >= 11 is 0. The highest BCUT2D eigenvalue weighted by Gasteiger charge is 2.20. The highest BCUT2D eigenvalue weighted by Crippen LogP contribution is 1.94. The molecular weight excluding hydrogens is 140 g/mol. The predicted octanol–water partition coefficient (Wildman–Crippen LogP) is -0.137. The van der Waals surface area contributed by atoms with E-state index in [1.165, 1.54) is 0 Å². The summed E-state index contributed by atoms with van der Waals surface area (Å²) in [7, 11) is 0. The van der Waals surface area contributed by atoms with Gasteiger partial charge in [-0.15, -0.1) is 5.92 Å². The van der Waals surface area contributed by atoms with Gasteiger partial charge in [-0.1, -0.05) is 5.92 Å². The van der Waals surface area contributed by atoms with Gasteiger partial charge in [0.2, 0.25) is 5.91 Å². The fraction of sp³-hybridized carbons (Fsp3) is 0.625. The zero-order valence-corrected chi connectivity index (χ0v) is 7.19. The summed E-state index contributed by atoms with van der Waals surface area (Å²) in [5.41, 5.74) is 4.69. The standard InChI is InChI=1S/C8H14N2O/c1-4-5-6-10-7(11)8(2,3)9/h6,9H2,1-3H3,(H,10,11). The third-order valence-electron chi connectivity index (χ3n) is 1.10.